The van der Waals surface area contributed by atoms with Gasteiger partial charge in [0.1, 0.15) is 10.6 Å². The molecule has 186 valence electrons. The van der Waals surface area contributed by atoms with Crippen LogP contribution in [0.15, 0.2) is 108 Å². The third-order valence-corrected chi connectivity index (χ3v) is 10.9. The molecule has 0 amide bonds. The number of rotatable bonds is 5. The fourth-order valence-corrected chi connectivity index (χ4v) is 9.09. The highest BCUT2D eigenvalue weighted by Crippen LogP contribution is 2.55. The summed E-state index contributed by atoms with van der Waals surface area (Å²) in [5.41, 5.74) is 11.9. The topological polar surface area (TPSA) is 51.8 Å². The molecule has 0 spiro atoms. The van der Waals surface area contributed by atoms with Crippen LogP contribution in [0.4, 0.5) is 5.82 Å². The second kappa shape index (κ2) is 10.1. The Morgan fingerprint density at radius 3 is 2.29 bits per heavy atom. The lowest BCUT2D eigenvalue weighted by molar-refractivity contribution is 0.893. The van der Waals surface area contributed by atoms with Gasteiger partial charge in [-0.2, -0.15) is 0 Å². The van der Waals surface area contributed by atoms with Crippen molar-refractivity contribution in [2.45, 2.75) is 27.8 Å². The first-order valence-electron chi connectivity index (χ1n) is 12.7. The quantitative estimate of drug-likeness (QED) is 0.173. The zero-order valence-corrected chi connectivity index (χ0v) is 23.0. The second-order valence-corrected chi connectivity index (χ2v) is 12.8. The van der Waals surface area contributed by atoms with Gasteiger partial charge in [-0.3, -0.25) is 0 Å². The summed E-state index contributed by atoms with van der Waals surface area (Å²) in [7, 11) is 0. The number of hydrogen-bond acceptors (Lipinski definition) is 6. The van der Waals surface area contributed by atoms with E-state index in [9.17, 15) is 0 Å². The Balaban J connectivity index is 1.25. The molecule has 0 aliphatic carbocycles. The maximum atomic E-state index is 6.67. The van der Waals surface area contributed by atoms with Crippen molar-refractivity contribution in [2.75, 3.05) is 5.73 Å². The predicted molar refractivity (Wildman–Crippen MR) is 164 cm³/mol. The van der Waals surface area contributed by atoms with E-state index < -0.39 is 0 Å². The first-order chi connectivity index (χ1) is 18.7. The number of thiophene rings is 1. The minimum atomic E-state index is 0.248. The summed E-state index contributed by atoms with van der Waals surface area (Å²) in [4.78, 5) is 12.2. The molecular formula is C32H25N3S3. The molecule has 7 rings (SSSR count). The molecule has 1 aliphatic rings. The number of anilines is 1. The predicted octanol–water partition coefficient (Wildman–Crippen LogP) is 8.84. The van der Waals surface area contributed by atoms with Gasteiger partial charge in [-0.25, -0.2) is 9.97 Å². The first kappa shape index (κ1) is 23.8. The molecule has 0 unspecified atom stereocenters. The Bertz CT molecular complexity index is 1750. The third kappa shape index (κ3) is 4.47. The molecule has 3 nitrogen and oxygen atoms in total. The fraction of sp³-hybridized carbons (Fsp3) is 0.125. The standard InChI is InChI=1S/C32H25N3S3/c33-30-27-25-18-26(22-10-3-1-4-11-22)37-28(23-12-5-2-6-13-23)29(25)38-31(27)35-32(34-30)36-19-20-15-16-21-9-7-8-14-24(21)17-20/h1-17,26,28H,18-19H2,(H2,33,34,35)/t26-,28-/m0/s1. The first-order valence-corrected chi connectivity index (χ1v) is 15.4. The van der Waals surface area contributed by atoms with Crippen LogP contribution >= 0.6 is 34.9 Å². The lowest BCUT2D eigenvalue weighted by atomic mass is 9.98. The molecule has 2 aromatic heterocycles. The molecule has 3 heterocycles. The average Bonchev–Trinajstić information content (AvgIpc) is 3.35. The van der Waals surface area contributed by atoms with Gasteiger partial charge >= 0.3 is 0 Å². The van der Waals surface area contributed by atoms with E-state index in [1.807, 2.05) is 11.8 Å². The molecular weight excluding hydrogens is 523 g/mol. The van der Waals surface area contributed by atoms with E-state index in [2.05, 4.69) is 103 Å². The highest BCUT2D eigenvalue weighted by Gasteiger charge is 2.34. The summed E-state index contributed by atoms with van der Waals surface area (Å²) >= 11 is 5.47. The van der Waals surface area contributed by atoms with Gasteiger partial charge in [0.2, 0.25) is 0 Å². The van der Waals surface area contributed by atoms with Crippen LogP contribution < -0.4 is 5.73 Å². The Labute approximate surface area is 234 Å². The van der Waals surface area contributed by atoms with Crippen molar-refractivity contribution < 1.29 is 0 Å². The average molecular weight is 548 g/mol. The van der Waals surface area contributed by atoms with Crippen molar-refractivity contribution in [3.8, 4) is 0 Å². The number of nitrogen functional groups attached to an aromatic ring is 1. The van der Waals surface area contributed by atoms with Crippen LogP contribution in [-0.4, -0.2) is 9.97 Å². The number of thioether (sulfide) groups is 2. The van der Waals surface area contributed by atoms with Crippen molar-refractivity contribution in [1.82, 2.24) is 9.97 Å². The molecule has 2 atom stereocenters. The van der Waals surface area contributed by atoms with E-state index in [-0.39, 0.29) is 5.25 Å². The summed E-state index contributed by atoms with van der Waals surface area (Å²) in [5.74, 6) is 1.40. The largest absolute Gasteiger partial charge is 0.383 e. The van der Waals surface area contributed by atoms with Crippen LogP contribution in [0, 0.1) is 0 Å². The Morgan fingerprint density at radius 2 is 1.50 bits per heavy atom. The van der Waals surface area contributed by atoms with Crippen LogP contribution in [0.3, 0.4) is 0 Å². The summed E-state index contributed by atoms with van der Waals surface area (Å²) in [6, 6.07) is 36.7. The number of nitrogens with two attached hydrogens (primary N) is 1. The normalized spacial score (nSPS) is 17.1. The third-order valence-electron chi connectivity index (χ3n) is 7.07. The van der Waals surface area contributed by atoms with Crippen molar-refractivity contribution in [3.63, 3.8) is 0 Å². The van der Waals surface area contributed by atoms with Gasteiger partial charge in [0.25, 0.3) is 0 Å². The molecule has 1 aliphatic heterocycles. The minimum absolute atomic E-state index is 0.248. The Hall–Kier alpha value is -3.32. The van der Waals surface area contributed by atoms with Gasteiger partial charge in [0.15, 0.2) is 5.16 Å². The molecule has 4 aromatic carbocycles. The summed E-state index contributed by atoms with van der Waals surface area (Å²) in [5, 5.41) is 4.90. The highest BCUT2D eigenvalue weighted by molar-refractivity contribution is 8.00. The Morgan fingerprint density at radius 1 is 0.789 bits per heavy atom. The number of fused-ring (bicyclic) bond motifs is 4. The van der Waals surface area contributed by atoms with Gasteiger partial charge in [0, 0.05) is 15.9 Å². The van der Waals surface area contributed by atoms with Crippen molar-refractivity contribution in [1.29, 1.82) is 0 Å². The number of nitrogens with zero attached hydrogens (tertiary/aromatic N) is 2. The number of hydrogen-bond donors (Lipinski definition) is 1. The van der Waals surface area contributed by atoms with Gasteiger partial charge < -0.3 is 5.73 Å². The number of benzene rings is 4. The van der Waals surface area contributed by atoms with Crippen LogP contribution in [0.2, 0.25) is 0 Å². The van der Waals surface area contributed by atoms with E-state index in [1.165, 1.54) is 37.9 Å². The monoisotopic (exact) mass is 547 g/mol. The molecule has 0 fully saturated rings. The van der Waals surface area contributed by atoms with E-state index in [0.29, 0.717) is 11.1 Å². The summed E-state index contributed by atoms with van der Waals surface area (Å²) in [6.45, 7) is 0. The molecule has 38 heavy (non-hydrogen) atoms. The zero-order chi connectivity index (χ0) is 25.5. The minimum Gasteiger partial charge on any atom is -0.383 e. The van der Waals surface area contributed by atoms with Crippen molar-refractivity contribution in [3.05, 3.63) is 130 Å². The molecule has 0 bridgehead atoms. The van der Waals surface area contributed by atoms with E-state index in [4.69, 9.17) is 15.7 Å². The maximum absolute atomic E-state index is 6.67. The van der Waals surface area contributed by atoms with Crippen LogP contribution in [-0.2, 0) is 12.2 Å². The molecule has 2 N–H and O–H groups in total. The lowest BCUT2D eigenvalue weighted by Crippen LogP contribution is -2.12. The SMILES string of the molecule is Nc1nc(SCc2ccc3ccccc3c2)nc2sc3c(c12)C[C@@H](c1ccccc1)S[C@H]3c1ccccc1. The number of aromatic nitrogens is 2. The molecule has 0 saturated carbocycles. The summed E-state index contributed by atoms with van der Waals surface area (Å²) < 4.78 is 0. The molecule has 0 saturated heterocycles. The molecule has 6 aromatic rings. The van der Waals surface area contributed by atoms with E-state index in [0.717, 1.165) is 27.5 Å². The molecule has 0 radical (unpaired) electrons. The summed E-state index contributed by atoms with van der Waals surface area (Å²) in [6.07, 6.45) is 0.935. The van der Waals surface area contributed by atoms with E-state index in [1.54, 1.807) is 23.1 Å². The molecule has 6 heteroatoms. The Kier molecular flexibility index (Phi) is 6.32. The zero-order valence-electron chi connectivity index (χ0n) is 20.6. The maximum Gasteiger partial charge on any atom is 0.191 e. The van der Waals surface area contributed by atoms with Crippen LogP contribution in [0.1, 0.15) is 37.6 Å². The van der Waals surface area contributed by atoms with Gasteiger partial charge in [-0.1, -0.05) is 115 Å². The van der Waals surface area contributed by atoms with E-state index >= 15 is 0 Å². The van der Waals surface area contributed by atoms with Crippen molar-refractivity contribution >= 4 is 61.7 Å². The van der Waals surface area contributed by atoms with Crippen LogP contribution in [0.5, 0.6) is 0 Å². The van der Waals surface area contributed by atoms with Gasteiger partial charge in [0.05, 0.1) is 10.6 Å². The second-order valence-electron chi connectivity index (χ2n) is 9.52. The highest BCUT2D eigenvalue weighted by atomic mass is 32.2. The van der Waals surface area contributed by atoms with Gasteiger partial charge in [-0.15, -0.1) is 23.1 Å². The fourth-order valence-electron chi connectivity index (χ4n) is 5.22. The van der Waals surface area contributed by atoms with Crippen molar-refractivity contribution in [2.24, 2.45) is 0 Å². The van der Waals surface area contributed by atoms with Gasteiger partial charge in [-0.05, 0) is 39.4 Å². The lowest BCUT2D eigenvalue weighted by Gasteiger charge is -2.30. The smallest absolute Gasteiger partial charge is 0.191 e. The van der Waals surface area contributed by atoms with Crippen LogP contribution in [0.25, 0.3) is 21.0 Å².